The highest BCUT2D eigenvalue weighted by Crippen LogP contribution is 2.36. The number of benzene rings is 1. The second-order valence-electron chi connectivity index (χ2n) is 3.68. The third-order valence-corrected chi connectivity index (χ3v) is 2.28. The highest BCUT2D eigenvalue weighted by molar-refractivity contribution is 5.39. The summed E-state index contributed by atoms with van der Waals surface area (Å²) in [4.78, 5) is 0. The van der Waals surface area contributed by atoms with E-state index >= 15 is 0 Å². The van der Waals surface area contributed by atoms with E-state index < -0.39 is 18.3 Å². The van der Waals surface area contributed by atoms with Gasteiger partial charge in [0.15, 0.2) is 0 Å². The van der Waals surface area contributed by atoms with Gasteiger partial charge in [-0.25, -0.2) is 0 Å². The third-order valence-electron chi connectivity index (χ3n) is 2.28. The number of halogens is 3. The molecule has 0 amide bonds. The zero-order chi connectivity index (χ0) is 13.6. The second-order valence-corrected chi connectivity index (χ2v) is 3.68. The Morgan fingerprint density at radius 2 is 1.94 bits per heavy atom. The molecule has 0 heterocycles. The first kappa shape index (κ1) is 14.8. The van der Waals surface area contributed by atoms with Gasteiger partial charge in [0, 0.05) is 20.1 Å². The molecule has 0 aromatic heterocycles. The van der Waals surface area contributed by atoms with Crippen LogP contribution in [0.4, 0.5) is 13.2 Å². The third kappa shape index (κ3) is 4.19. The van der Waals surface area contributed by atoms with E-state index in [-0.39, 0.29) is 17.9 Å². The van der Waals surface area contributed by atoms with E-state index in [0.29, 0.717) is 13.0 Å². The molecular weight excluding hydrogens is 249 g/mol. The fourth-order valence-corrected chi connectivity index (χ4v) is 1.41. The van der Waals surface area contributed by atoms with E-state index in [1.54, 1.807) is 0 Å². The number of aliphatic hydroxyl groups is 1. The Labute approximate surface area is 103 Å². The Morgan fingerprint density at radius 3 is 2.50 bits per heavy atom. The molecule has 0 unspecified atom stereocenters. The number of hydrogen-bond acceptors (Lipinski definition) is 3. The Balaban J connectivity index is 2.82. The van der Waals surface area contributed by atoms with E-state index in [1.165, 1.54) is 19.2 Å². The highest BCUT2D eigenvalue weighted by atomic mass is 19.4. The lowest BCUT2D eigenvalue weighted by molar-refractivity contribution is -0.139. The predicted octanol–water partition coefficient (Wildman–Crippen LogP) is 2.61. The van der Waals surface area contributed by atoms with Gasteiger partial charge in [-0.15, -0.1) is 0 Å². The van der Waals surface area contributed by atoms with Gasteiger partial charge in [-0.3, -0.25) is 0 Å². The molecule has 0 aliphatic heterocycles. The van der Waals surface area contributed by atoms with Crippen LogP contribution < -0.4 is 4.74 Å². The minimum absolute atomic E-state index is 0.148. The topological polar surface area (TPSA) is 38.7 Å². The van der Waals surface area contributed by atoms with Crippen molar-refractivity contribution in [2.24, 2.45) is 0 Å². The first-order valence-electron chi connectivity index (χ1n) is 5.41. The van der Waals surface area contributed by atoms with Gasteiger partial charge >= 0.3 is 6.18 Å². The number of alkyl halides is 3. The zero-order valence-electron chi connectivity index (χ0n) is 9.96. The summed E-state index contributed by atoms with van der Waals surface area (Å²) >= 11 is 0. The number of hydrogen-bond donors (Lipinski definition) is 1. The summed E-state index contributed by atoms with van der Waals surface area (Å²) in [5.41, 5.74) is -0.668. The van der Waals surface area contributed by atoms with Crippen LogP contribution in [0.3, 0.4) is 0 Å². The maximum absolute atomic E-state index is 12.8. The average molecular weight is 264 g/mol. The zero-order valence-corrected chi connectivity index (χ0v) is 9.96. The molecule has 0 fully saturated rings. The normalized spacial score (nSPS) is 11.6. The molecule has 0 aliphatic rings. The molecule has 102 valence electrons. The van der Waals surface area contributed by atoms with E-state index in [4.69, 9.17) is 14.6 Å². The molecule has 0 radical (unpaired) electrons. The molecule has 1 aromatic carbocycles. The molecule has 0 spiro atoms. The minimum Gasteiger partial charge on any atom is -0.493 e. The van der Waals surface area contributed by atoms with Crippen molar-refractivity contribution in [1.29, 1.82) is 0 Å². The van der Waals surface area contributed by atoms with Crippen LogP contribution in [0.25, 0.3) is 0 Å². The predicted molar refractivity (Wildman–Crippen MR) is 59.4 cm³/mol. The van der Waals surface area contributed by atoms with Crippen molar-refractivity contribution >= 4 is 0 Å². The van der Waals surface area contributed by atoms with Crippen molar-refractivity contribution in [2.75, 3.05) is 20.3 Å². The largest absolute Gasteiger partial charge is 0.493 e. The summed E-state index contributed by atoms with van der Waals surface area (Å²) in [5, 5.41) is 8.84. The smallest absolute Gasteiger partial charge is 0.419 e. The van der Waals surface area contributed by atoms with Crippen LogP contribution in [0, 0.1) is 0 Å². The van der Waals surface area contributed by atoms with Gasteiger partial charge in [0.25, 0.3) is 0 Å². The van der Waals surface area contributed by atoms with Crippen molar-refractivity contribution in [1.82, 2.24) is 0 Å². The minimum atomic E-state index is -4.50. The molecule has 0 aliphatic carbocycles. The van der Waals surface area contributed by atoms with Crippen molar-refractivity contribution < 1.29 is 27.8 Å². The maximum atomic E-state index is 12.8. The molecule has 0 atom stereocenters. The Morgan fingerprint density at radius 1 is 1.22 bits per heavy atom. The fraction of sp³-hybridized carbons (Fsp3) is 0.500. The van der Waals surface area contributed by atoms with Gasteiger partial charge in [-0.1, -0.05) is 6.07 Å². The van der Waals surface area contributed by atoms with Crippen molar-refractivity contribution in [3.05, 3.63) is 29.3 Å². The summed E-state index contributed by atoms with van der Waals surface area (Å²) in [7, 11) is 1.51. The molecular formula is C12H15F3O3. The standard InChI is InChI=1S/C12H15F3O3/c1-17-5-2-6-18-11-4-3-9(8-16)7-10(11)12(13,14)15/h3-4,7,16H,2,5-6,8H2,1H3. The summed E-state index contributed by atoms with van der Waals surface area (Å²) in [5.74, 6) is -0.226. The second kappa shape index (κ2) is 6.61. The van der Waals surface area contributed by atoms with Crippen molar-refractivity contribution in [3.8, 4) is 5.75 Å². The number of ether oxygens (including phenoxy) is 2. The van der Waals surface area contributed by atoms with Crippen LogP contribution in [-0.4, -0.2) is 25.4 Å². The lowest BCUT2D eigenvalue weighted by Crippen LogP contribution is -2.11. The highest BCUT2D eigenvalue weighted by Gasteiger charge is 2.34. The number of aliphatic hydroxyl groups excluding tert-OH is 1. The lowest BCUT2D eigenvalue weighted by atomic mass is 10.1. The average Bonchev–Trinajstić information content (AvgIpc) is 2.33. The maximum Gasteiger partial charge on any atom is 0.419 e. The van der Waals surface area contributed by atoms with E-state index in [2.05, 4.69) is 0 Å². The van der Waals surface area contributed by atoms with E-state index in [0.717, 1.165) is 6.07 Å². The fourth-order valence-electron chi connectivity index (χ4n) is 1.41. The molecule has 3 nitrogen and oxygen atoms in total. The Bertz CT molecular complexity index is 377. The summed E-state index contributed by atoms with van der Waals surface area (Å²) < 4.78 is 48.1. The van der Waals surface area contributed by atoms with Gasteiger partial charge in [-0.05, 0) is 17.7 Å². The molecule has 6 heteroatoms. The first-order chi connectivity index (χ1) is 8.49. The first-order valence-corrected chi connectivity index (χ1v) is 5.41. The number of rotatable bonds is 6. The van der Waals surface area contributed by atoms with Crippen LogP contribution in [0.2, 0.25) is 0 Å². The molecule has 18 heavy (non-hydrogen) atoms. The quantitative estimate of drug-likeness (QED) is 0.803. The molecule has 1 N–H and O–H groups in total. The molecule has 0 bridgehead atoms. The van der Waals surface area contributed by atoms with Crippen molar-refractivity contribution in [2.45, 2.75) is 19.2 Å². The monoisotopic (exact) mass is 264 g/mol. The SMILES string of the molecule is COCCCOc1ccc(CO)cc1C(F)(F)F. The number of methoxy groups -OCH3 is 1. The van der Waals surface area contributed by atoms with Gasteiger partial charge in [0.05, 0.1) is 18.8 Å². The van der Waals surface area contributed by atoms with Gasteiger partial charge in [-0.2, -0.15) is 13.2 Å². The Hall–Kier alpha value is -1.27. The summed E-state index contributed by atoms with van der Waals surface area (Å²) in [6, 6.07) is 3.52. The van der Waals surface area contributed by atoms with Crippen LogP contribution in [-0.2, 0) is 17.5 Å². The van der Waals surface area contributed by atoms with Crippen LogP contribution >= 0.6 is 0 Å². The van der Waals surface area contributed by atoms with Crippen LogP contribution in [0.5, 0.6) is 5.75 Å². The summed E-state index contributed by atoms with van der Waals surface area (Å²) in [6.07, 6.45) is -3.99. The van der Waals surface area contributed by atoms with Gasteiger partial charge in [0.2, 0.25) is 0 Å². The summed E-state index contributed by atoms with van der Waals surface area (Å²) in [6.45, 7) is 0.137. The van der Waals surface area contributed by atoms with E-state index in [1.807, 2.05) is 0 Å². The van der Waals surface area contributed by atoms with Crippen LogP contribution in [0.1, 0.15) is 17.5 Å². The molecule has 1 rings (SSSR count). The molecule has 0 saturated heterocycles. The molecule has 0 saturated carbocycles. The van der Waals surface area contributed by atoms with Crippen molar-refractivity contribution in [3.63, 3.8) is 0 Å². The Kier molecular flexibility index (Phi) is 5.43. The van der Waals surface area contributed by atoms with Gasteiger partial charge in [0.1, 0.15) is 5.75 Å². The molecule has 1 aromatic rings. The van der Waals surface area contributed by atoms with E-state index in [9.17, 15) is 13.2 Å². The lowest BCUT2D eigenvalue weighted by Gasteiger charge is -2.14. The van der Waals surface area contributed by atoms with Gasteiger partial charge < -0.3 is 14.6 Å². The van der Waals surface area contributed by atoms with Crippen LogP contribution in [0.15, 0.2) is 18.2 Å².